The third-order valence-electron chi connectivity index (χ3n) is 3.13. The van der Waals surface area contributed by atoms with Crippen molar-refractivity contribution in [2.45, 2.75) is 13.3 Å². The molecule has 2 aromatic rings. The van der Waals surface area contributed by atoms with Crippen LogP contribution in [0.5, 0.6) is 0 Å². The van der Waals surface area contributed by atoms with E-state index in [-0.39, 0.29) is 5.78 Å². The SMILES string of the molecule is Cc1ccc(C(=O)/C=C/Cc2ccccc2C=O)cc1. The van der Waals surface area contributed by atoms with Crippen LogP contribution in [0.25, 0.3) is 0 Å². The number of carbonyl (C=O) groups is 2. The maximum atomic E-state index is 11.9. The van der Waals surface area contributed by atoms with Crippen LogP contribution < -0.4 is 0 Å². The van der Waals surface area contributed by atoms with Crippen molar-refractivity contribution in [3.8, 4) is 0 Å². The van der Waals surface area contributed by atoms with Gasteiger partial charge in [-0.1, -0.05) is 60.2 Å². The highest BCUT2D eigenvalue weighted by Crippen LogP contribution is 2.09. The first-order valence-electron chi connectivity index (χ1n) is 6.51. The summed E-state index contributed by atoms with van der Waals surface area (Å²) in [6.07, 6.45) is 4.77. The molecule has 0 spiro atoms. The van der Waals surface area contributed by atoms with Gasteiger partial charge in [-0.05, 0) is 25.0 Å². The molecule has 2 nitrogen and oxygen atoms in total. The highest BCUT2D eigenvalue weighted by molar-refractivity contribution is 6.04. The van der Waals surface area contributed by atoms with Crippen molar-refractivity contribution < 1.29 is 9.59 Å². The van der Waals surface area contributed by atoms with Gasteiger partial charge < -0.3 is 0 Å². The number of allylic oxidation sites excluding steroid dienone is 2. The van der Waals surface area contributed by atoms with Gasteiger partial charge in [0.2, 0.25) is 0 Å². The second-order valence-electron chi connectivity index (χ2n) is 4.65. The van der Waals surface area contributed by atoms with E-state index in [1.807, 2.05) is 49.4 Å². The molecule has 0 atom stereocenters. The largest absolute Gasteiger partial charge is 0.298 e. The quantitative estimate of drug-likeness (QED) is 0.468. The average Bonchev–Trinajstić information content (AvgIpc) is 2.48. The third kappa shape index (κ3) is 3.51. The van der Waals surface area contributed by atoms with E-state index in [1.165, 1.54) is 0 Å². The minimum atomic E-state index is -0.0198. The Morgan fingerprint density at radius 1 is 1.05 bits per heavy atom. The topological polar surface area (TPSA) is 34.1 Å². The van der Waals surface area contributed by atoms with E-state index >= 15 is 0 Å². The molecule has 0 aliphatic rings. The van der Waals surface area contributed by atoms with Gasteiger partial charge in [-0.25, -0.2) is 0 Å². The van der Waals surface area contributed by atoms with Crippen molar-refractivity contribution in [3.05, 3.63) is 82.9 Å². The Hall–Kier alpha value is -2.48. The van der Waals surface area contributed by atoms with Gasteiger partial charge in [0.1, 0.15) is 6.29 Å². The van der Waals surface area contributed by atoms with Gasteiger partial charge in [0.15, 0.2) is 5.78 Å². The molecule has 0 aliphatic heterocycles. The molecule has 0 radical (unpaired) electrons. The van der Waals surface area contributed by atoms with Crippen LogP contribution in [0.1, 0.15) is 31.8 Å². The van der Waals surface area contributed by atoms with Crippen molar-refractivity contribution in [1.29, 1.82) is 0 Å². The number of ketones is 1. The molecule has 100 valence electrons. The molecule has 20 heavy (non-hydrogen) atoms. The van der Waals surface area contributed by atoms with E-state index in [1.54, 1.807) is 18.2 Å². The van der Waals surface area contributed by atoms with Gasteiger partial charge in [-0.15, -0.1) is 0 Å². The van der Waals surface area contributed by atoms with Crippen LogP contribution in [0.2, 0.25) is 0 Å². The van der Waals surface area contributed by atoms with Crippen molar-refractivity contribution >= 4 is 12.1 Å². The van der Waals surface area contributed by atoms with Gasteiger partial charge in [0, 0.05) is 11.1 Å². The van der Waals surface area contributed by atoms with Crippen LogP contribution in [0.3, 0.4) is 0 Å². The Morgan fingerprint density at radius 3 is 2.45 bits per heavy atom. The summed E-state index contributed by atoms with van der Waals surface area (Å²) >= 11 is 0. The highest BCUT2D eigenvalue weighted by atomic mass is 16.1. The molecule has 2 rings (SSSR count). The van der Waals surface area contributed by atoms with Gasteiger partial charge in [-0.3, -0.25) is 9.59 Å². The second-order valence-corrected chi connectivity index (χ2v) is 4.65. The minimum absolute atomic E-state index is 0.0198. The molecule has 0 amide bonds. The van der Waals surface area contributed by atoms with E-state index < -0.39 is 0 Å². The van der Waals surface area contributed by atoms with Crippen LogP contribution in [-0.2, 0) is 6.42 Å². The summed E-state index contributed by atoms with van der Waals surface area (Å²) in [6, 6.07) is 14.9. The Balaban J connectivity index is 2.04. The number of hydrogen-bond donors (Lipinski definition) is 0. The molecular weight excluding hydrogens is 248 g/mol. The number of hydrogen-bond acceptors (Lipinski definition) is 2. The first kappa shape index (κ1) is 13.9. The van der Waals surface area contributed by atoms with Crippen molar-refractivity contribution in [3.63, 3.8) is 0 Å². The van der Waals surface area contributed by atoms with Crippen molar-refractivity contribution in [1.82, 2.24) is 0 Å². The summed E-state index contributed by atoms with van der Waals surface area (Å²) < 4.78 is 0. The maximum Gasteiger partial charge on any atom is 0.185 e. The lowest BCUT2D eigenvalue weighted by atomic mass is 10.0. The fraction of sp³-hybridized carbons (Fsp3) is 0.111. The molecule has 0 N–H and O–H groups in total. The molecule has 0 saturated heterocycles. The molecule has 0 saturated carbocycles. The van der Waals surface area contributed by atoms with E-state index in [0.717, 1.165) is 17.4 Å². The zero-order chi connectivity index (χ0) is 14.4. The summed E-state index contributed by atoms with van der Waals surface area (Å²) in [6.45, 7) is 1.99. The molecule has 2 heteroatoms. The maximum absolute atomic E-state index is 11.9. The van der Waals surface area contributed by atoms with E-state index in [0.29, 0.717) is 17.5 Å². The summed E-state index contributed by atoms with van der Waals surface area (Å²) in [4.78, 5) is 22.8. The summed E-state index contributed by atoms with van der Waals surface area (Å²) in [7, 11) is 0. The molecule has 0 heterocycles. The highest BCUT2D eigenvalue weighted by Gasteiger charge is 2.01. The smallest absolute Gasteiger partial charge is 0.185 e. The molecular formula is C18H16O2. The summed E-state index contributed by atoms with van der Waals surface area (Å²) in [5, 5.41) is 0. The van der Waals surface area contributed by atoms with Crippen LogP contribution in [-0.4, -0.2) is 12.1 Å². The van der Waals surface area contributed by atoms with E-state index in [2.05, 4.69) is 0 Å². The number of aryl methyl sites for hydroxylation is 1. The van der Waals surface area contributed by atoms with E-state index in [4.69, 9.17) is 0 Å². The predicted molar refractivity (Wildman–Crippen MR) is 80.2 cm³/mol. The van der Waals surface area contributed by atoms with Gasteiger partial charge >= 0.3 is 0 Å². The van der Waals surface area contributed by atoms with Gasteiger partial charge in [0.25, 0.3) is 0 Å². The Labute approximate surface area is 118 Å². The van der Waals surface area contributed by atoms with Crippen molar-refractivity contribution in [2.75, 3.05) is 0 Å². The van der Waals surface area contributed by atoms with Crippen molar-refractivity contribution in [2.24, 2.45) is 0 Å². The van der Waals surface area contributed by atoms with Crippen LogP contribution in [0, 0.1) is 6.92 Å². The normalized spacial score (nSPS) is 10.7. The fourth-order valence-electron chi connectivity index (χ4n) is 1.94. The monoisotopic (exact) mass is 264 g/mol. The Bertz CT molecular complexity index is 637. The molecule has 2 aromatic carbocycles. The molecule has 0 bridgehead atoms. The lowest BCUT2D eigenvalue weighted by Gasteiger charge is -2.00. The summed E-state index contributed by atoms with van der Waals surface area (Å²) in [5.74, 6) is -0.0198. The fourth-order valence-corrected chi connectivity index (χ4v) is 1.94. The Kier molecular flexibility index (Phi) is 4.61. The zero-order valence-electron chi connectivity index (χ0n) is 11.4. The van der Waals surface area contributed by atoms with Gasteiger partial charge in [-0.2, -0.15) is 0 Å². The predicted octanol–water partition coefficient (Wildman–Crippen LogP) is 3.79. The minimum Gasteiger partial charge on any atom is -0.298 e. The van der Waals surface area contributed by atoms with Crippen LogP contribution >= 0.6 is 0 Å². The lowest BCUT2D eigenvalue weighted by molar-refractivity contribution is 0.104. The number of aldehydes is 1. The van der Waals surface area contributed by atoms with E-state index in [9.17, 15) is 9.59 Å². The lowest BCUT2D eigenvalue weighted by Crippen LogP contribution is -1.95. The number of rotatable bonds is 5. The second kappa shape index (κ2) is 6.62. The van der Waals surface area contributed by atoms with Crippen LogP contribution in [0.15, 0.2) is 60.7 Å². The summed E-state index contributed by atoms with van der Waals surface area (Å²) in [5.41, 5.74) is 3.40. The third-order valence-corrected chi connectivity index (χ3v) is 3.13. The first-order chi connectivity index (χ1) is 9.70. The standard InChI is InChI=1S/C18H16O2/c1-14-9-11-16(12-10-14)18(20)8-4-7-15-5-2-3-6-17(15)13-19/h2-6,8-13H,7H2,1H3/b8-4+. The first-order valence-corrected chi connectivity index (χ1v) is 6.51. The van der Waals surface area contributed by atoms with Crippen LogP contribution in [0.4, 0.5) is 0 Å². The molecule has 0 aromatic heterocycles. The van der Waals surface area contributed by atoms with Gasteiger partial charge in [0.05, 0.1) is 0 Å². The molecule has 0 aliphatic carbocycles. The Morgan fingerprint density at radius 2 is 1.75 bits per heavy atom. The number of carbonyl (C=O) groups excluding carboxylic acids is 2. The average molecular weight is 264 g/mol. The number of benzene rings is 2. The zero-order valence-corrected chi connectivity index (χ0v) is 11.4. The molecule has 0 unspecified atom stereocenters. The molecule has 0 fully saturated rings.